The van der Waals surface area contributed by atoms with E-state index in [9.17, 15) is 4.79 Å². The number of nitrogens with two attached hydrogens (primary N) is 1. The van der Waals surface area contributed by atoms with E-state index in [0.29, 0.717) is 6.54 Å². The highest BCUT2D eigenvalue weighted by Crippen LogP contribution is 2.19. The molecule has 1 aliphatic heterocycles. The number of carbonyl (C=O) groups is 1. The molecule has 2 unspecified atom stereocenters. The zero-order valence-corrected chi connectivity index (χ0v) is 10.4. The van der Waals surface area contributed by atoms with Crippen LogP contribution in [0.5, 0.6) is 0 Å². The number of methoxy groups -OCH3 is 1. The molecule has 2 N–H and O–H groups in total. The third-order valence-electron chi connectivity index (χ3n) is 2.97. The molecule has 1 amide bonds. The fourth-order valence-electron chi connectivity index (χ4n) is 2.07. The second-order valence-corrected chi connectivity index (χ2v) is 4.52. The first kappa shape index (κ1) is 13.2. The molecule has 2 atom stereocenters. The summed E-state index contributed by atoms with van der Waals surface area (Å²) in [5, 5.41) is 0. The van der Waals surface area contributed by atoms with Gasteiger partial charge in [-0.3, -0.25) is 4.79 Å². The Bertz CT molecular complexity index is 272. The largest absolute Gasteiger partial charge is 0.381 e. The summed E-state index contributed by atoms with van der Waals surface area (Å²) in [6.07, 6.45) is 3.66. The van der Waals surface area contributed by atoms with Gasteiger partial charge in [0.05, 0.1) is 6.10 Å². The van der Waals surface area contributed by atoms with Crippen molar-refractivity contribution in [3.05, 3.63) is 11.6 Å². The molecule has 4 nitrogen and oxygen atoms in total. The average Bonchev–Trinajstić information content (AvgIpc) is 2.27. The number of carbonyl (C=O) groups excluding carboxylic acids is 1. The van der Waals surface area contributed by atoms with Crippen LogP contribution < -0.4 is 5.73 Å². The van der Waals surface area contributed by atoms with Gasteiger partial charge in [0.25, 0.3) is 0 Å². The van der Waals surface area contributed by atoms with Crippen molar-refractivity contribution in [1.29, 1.82) is 0 Å². The molecule has 0 aromatic heterocycles. The van der Waals surface area contributed by atoms with E-state index in [1.54, 1.807) is 13.2 Å². The molecule has 1 heterocycles. The van der Waals surface area contributed by atoms with Crippen LogP contribution in [0, 0.1) is 0 Å². The van der Waals surface area contributed by atoms with Crippen LogP contribution in [0.2, 0.25) is 0 Å². The predicted octanol–water partition coefficient (Wildman–Crippen LogP) is 0.917. The molecule has 0 radical (unpaired) electrons. The summed E-state index contributed by atoms with van der Waals surface area (Å²) < 4.78 is 5.32. The first-order chi connectivity index (χ1) is 7.58. The molecule has 0 aromatic rings. The van der Waals surface area contributed by atoms with Crippen molar-refractivity contribution >= 4 is 5.91 Å². The normalized spacial score (nSPS) is 25.4. The van der Waals surface area contributed by atoms with E-state index in [1.807, 2.05) is 18.7 Å². The molecule has 1 aliphatic rings. The highest BCUT2D eigenvalue weighted by molar-refractivity contribution is 5.88. The van der Waals surface area contributed by atoms with Crippen molar-refractivity contribution in [3.8, 4) is 0 Å². The number of piperidine rings is 1. The topological polar surface area (TPSA) is 55.6 Å². The molecule has 0 spiro atoms. The predicted molar refractivity (Wildman–Crippen MR) is 64.0 cm³/mol. The van der Waals surface area contributed by atoms with Crippen molar-refractivity contribution in [2.75, 3.05) is 20.2 Å². The van der Waals surface area contributed by atoms with E-state index in [0.717, 1.165) is 25.0 Å². The van der Waals surface area contributed by atoms with E-state index in [4.69, 9.17) is 10.5 Å². The van der Waals surface area contributed by atoms with E-state index >= 15 is 0 Å². The van der Waals surface area contributed by atoms with Crippen LogP contribution in [0.4, 0.5) is 0 Å². The van der Waals surface area contributed by atoms with Crippen LogP contribution in [-0.2, 0) is 9.53 Å². The van der Waals surface area contributed by atoms with Crippen molar-refractivity contribution in [3.63, 3.8) is 0 Å². The van der Waals surface area contributed by atoms with Gasteiger partial charge in [0, 0.05) is 32.3 Å². The van der Waals surface area contributed by atoms with Gasteiger partial charge in [-0.25, -0.2) is 0 Å². The SMILES string of the molecule is COC1CCN(C(=O)C=C(C)C)C(CN)C1. The fourth-order valence-corrected chi connectivity index (χ4v) is 2.07. The minimum atomic E-state index is 0.0741. The lowest BCUT2D eigenvalue weighted by Gasteiger charge is -2.38. The van der Waals surface area contributed by atoms with Crippen molar-refractivity contribution in [1.82, 2.24) is 4.90 Å². The molecule has 1 saturated heterocycles. The Morgan fingerprint density at radius 1 is 1.56 bits per heavy atom. The van der Waals surface area contributed by atoms with Crippen LogP contribution >= 0.6 is 0 Å². The molecule has 16 heavy (non-hydrogen) atoms. The van der Waals surface area contributed by atoms with Crippen LogP contribution in [0.25, 0.3) is 0 Å². The van der Waals surface area contributed by atoms with Gasteiger partial charge in [0.15, 0.2) is 0 Å². The number of allylic oxidation sites excluding steroid dienone is 1. The molecule has 4 heteroatoms. The smallest absolute Gasteiger partial charge is 0.246 e. The van der Waals surface area contributed by atoms with Crippen LogP contribution in [-0.4, -0.2) is 43.2 Å². The van der Waals surface area contributed by atoms with Gasteiger partial charge >= 0.3 is 0 Å². The van der Waals surface area contributed by atoms with Crippen LogP contribution in [0.1, 0.15) is 26.7 Å². The summed E-state index contributed by atoms with van der Waals surface area (Å²) in [7, 11) is 1.71. The lowest BCUT2D eigenvalue weighted by atomic mass is 9.99. The third-order valence-corrected chi connectivity index (χ3v) is 2.97. The Balaban J connectivity index is 2.66. The highest BCUT2D eigenvalue weighted by atomic mass is 16.5. The second-order valence-electron chi connectivity index (χ2n) is 4.52. The van der Waals surface area contributed by atoms with E-state index in [-0.39, 0.29) is 18.1 Å². The van der Waals surface area contributed by atoms with Crippen LogP contribution in [0.3, 0.4) is 0 Å². The van der Waals surface area contributed by atoms with E-state index in [2.05, 4.69) is 0 Å². The number of hydrogen-bond donors (Lipinski definition) is 1. The maximum Gasteiger partial charge on any atom is 0.246 e. The van der Waals surface area contributed by atoms with Crippen molar-refractivity contribution in [2.45, 2.75) is 38.8 Å². The number of amides is 1. The lowest BCUT2D eigenvalue weighted by molar-refractivity contribution is -0.131. The summed E-state index contributed by atoms with van der Waals surface area (Å²) in [6.45, 7) is 5.10. The molecule has 0 aromatic carbocycles. The van der Waals surface area contributed by atoms with Crippen molar-refractivity contribution < 1.29 is 9.53 Å². The quantitative estimate of drug-likeness (QED) is 0.728. The van der Waals surface area contributed by atoms with Gasteiger partial charge in [0.2, 0.25) is 5.91 Å². The maximum atomic E-state index is 11.9. The van der Waals surface area contributed by atoms with E-state index in [1.165, 1.54) is 0 Å². The Morgan fingerprint density at radius 3 is 2.75 bits per heavy atom. The summed E-state index contributed by atoms with van der Waals surface area (Å²) in [6, 6.07) is 0.113. The van der Waals surface area contributed by atoms with Crippen molar-refractivity contribution in [2.24, 2.45) is 5.73 Å². The zero-order valence-electron chi connectivity index (χ0n) is 10.4. The Hall–Kier alpha value is -0.870. The Kier molecular flexibility index (Phi) is 4.96. The molecule has 92 valence electrons. The first-order valence-corrected chi connectivity index (χ1v) is 5.76. The monoisotopic (exact) mass is 226 g/mol. The van der Waals surface area contributed by atoms with Gasteiger partial charge in [-0.2, -0.15) is 0 Å². The molecule has 0 bridgehead atoms. The molecule has 1 fully saturated rings. The summed E-state index contributed by atoms with van der Waals surface area (Å²) in [5.74, 6) is 0.0741. The van der Waals surface area contributed by atoms with Gasteiger partial charge < -0.3 is 15.4 Å². The second kappa shape index (κ2) is 6.01. The molecule has 0 saturated carbocycles. The zero-order chi connectivity index (χ0) is 12.1. The molecular weight excluding hydrogens is 204 g/mol. The lowest BCUT2D eigenvalue weighted by Crippen LogP contribution is -2.50. The standard InChI is InChI=1S/C12H22N2O2/c1-9(2)6-12(15)14-5-4-11(16-3)7-10(14)8-13/h6,10-11H,4-5,7-8,13H2,1-3H3. The highest BCUT2D eigenvalue weighted by Gasteiger charge is 2.29. The minimum Gasteiger partial charge on any atom is -0.381 e. The average molecular weight is 226 g/mol. The van der Waals surface area contributed by atoms with Crippen LogP contribution in [0.15, 0.2) is 11.6 Å². The number of rotatable bonds is 3. The van der Waals surface area contributed by atoms with Gasteiger partial charge in [-0.05, 0) is 26.7 Å². The first-order valence-electron chi connectivity index (χ1n) is 5.76. The molecule has 1 rings (SSSR count). The number of hydrogen-bond acceptors (Lipinski definition) is 3. The minimum absolute atomic E-state index is 0.0741. The molecule has 0 aliphatic carbocycles. The van der Waals surface area contributed by atoms with Gasteiger partial charge in [-0.1, -0.05) is 5.57 Å². The van der Waals surface area contributed by atoms with E-state index < -0.39 is 0 Å². The number of nitrogens with zero attached hydrogens (tertiary/aromatic N) is 1. The number of ether oxygens (including phenoxy) is 1. The summed E-state index contributed by atoms with van der Waals surface area (Å²) in [5.41, 5.74) is 6.73. The Labute approximate surface area is 97.4 Å². The maximum absolute atomic E-state index is 11.9. The Morgan fingerprint density at radius 2 is 2.25 bits per heavy atom. The fraction of sp³-hybridized carbons (Fsp3) is 0.750. The van der Waals surface area contributed by atoms with Gasteiger partial charge in [0.1, 0.15) is 0 Å². The summed E-state index contributed by atoms with van der Waals surface area (Å²) in [4.78, 5) is 13.8. The summed E-state index contributed by atoms with van der Waals surface area (Å²) >= 11 is 0. The molecular formula is C12H22N2O2. The van der Waals surface area contributed by atoms with Gasteiger partial charge in [-0.15, -0.1) is 0 Å². The number of likely N-dealkylation sites (tertiary alicyclic amines) is 1. The third kappa shape index (κ3) is 3.32.